The third-order valence-electron chi connectivity index (χ3n) is 3.97. The maximum absolute atomic E-state index is 12.2. The molecule has 2 aromatic heterocycles. The number of hydrogen-bond acceptors (Lipinski definition) is 7. The first-order valence-corrected chi connectivity index (χ1v) is 9.26. The maximum Gasteiger partial charge on any atom is 0.274 e. The molecule has 142 valence electrons. The molecule has 0 radical (unpaired) electrons. The second-order valence-corrected chi connectivity index (χ2v) is 6.89. The van der Waals surface area contributed by atoms with Gasteiger partial charge in [-0.05, 0) is 12.1 Å². The van der Waals surface area contributed by atoms with Crippen molar-refractivity contribution in [1.82, 2.24) is 20.0 Å². The zero-order valence-electron chi connectivity index (χ0n) is 14.7. The molecule has 3 amide bonds. The van der Waals surface area contributed by atoms with Gasteiger partial charge in [0.15, 0.2) is 0 Å². The Labute approximate surface area is 162 Å². The average Bonchev–Trinajstić information content (AvgIpc) is 3.22. The van der Waals surface area contributed by atoms with Crippen LogP contribution >= 0.6 is 11.3 Å². The van der Waals surface area contributed by atoms with Crippen LogP contribution in [0.3, 0.4) is 0 Å². The average molecular weight is 397 g/mol. The molecule has 3 heterocycles. The number of anilines is 2. The van der Waals surface area contributed by atoms with E-state index in [0.29, 0.717) is 10.6 Å². The van der Waals surface area contributed by atoms with Crippen LogP contribution in [0.1, 0.15) is 19.8 Å². The van der Waals surface area contributed by atoms with Crippen LogP contribution in [0.5, 0.6) is 0 Å². The van der Waals surface area contributed by atoms with Gasteiger partial charge >= 0.3 is 0 Å². The van der Waals surface area contributed by atoms with Gasteiger partial charge in [0.05, 0.1) is 5.69 Å². The van der Waals surface area contributed by atoms with Crippen LogP contribution in [0.15, 0.2) is 34.7 Å². The monoisotopic (exact) mass is 397 g/mol. The van der Waals surface area contributed by atoms with Crippen LogP contribution in [0, 0.1) is 0 Å². The van der Waals surface area contributed by atoms with Gasteiger partial charge in [-0.3, -0.25) is 19.7 Å². The Bertz CT molecular complexity index is 1110. The zero-order valence-corrected chi connectivity index (χ0v) is 15.5. The SMILES string of the molecule is CC(=O)Nc1ccc(-c2csc3nc(NC(=O)C4=NNC(=O)CC4)nn23)cc1. The molecule has 10 nitrogen and oxygen atoms in total. The largest absolute Gasteiger partial charge is 0.326 e. The van der Waals surface area contributed by atoms with Gasteiger partial charge in [-0.1, -0.05) is 12.1 Å². The van der Waals surface area contributed by atoms with Crippen molar-refractivity contribution in [3.63, 3.8) is 0 Å². The van der Waals surface area contributed by atoms with E-state index >= 15 is 0 Å². The normalized spacial score (nSPS) is 13.8. The minimum atomic E-state index is -0.445. The van der Waals surface area contributed by atoms with Crippen molar-refractivity contribution in [1.29, 1.82) is 0 Å². The van der Waals surface area contributed by atoms with Crippen molar-refractivity contribution in [2.75, 3.05) is 10.6 Å². The molecule has 28 heavy (non-hydrogen) atoms. The summed E-state index contributed by atoms with van der Waals surface area (Å²) in [7, 11) is 0. The fourth-order valence-corrected chi connectivity index (χ4v) is 3.50. The van der Waals surface area contributed by atoms with Gasteiger partial charge in [0, 0.05) is 36.4 Å². The lowest BCUT2D eigenvalue weighted by molar-refractivity contribution is -0.121. The first kappa shape index (κ1) is 17.8. The molecule has 0 spiro atoms. The van der Waals surface area contributed by atoms with E-state index in [9.17, 15) is 14.4 Å². The van der Waals surface area contributed by atoms with Crippen LogP contribution in [-0.2, 0) is 14.4 Å². The molecule has 0 atom stereocenters. The molecule has 1 aliphatic rings. The number of fused-ring (bicyclic) bond motifs is 1. The summed E-state index contributed by atoms with van der Waals surface area (Å²) in [6.45, 7) is 1.45. The van der Waals surface area contributed by atoms with Gasteiger partial charge in [0.1, 0.15) is 5.71 Å². The molecule has 1 aromatic carbocycles. The Hall–Kier alpha value is -3.60. The highest BCUT2D eigenvalue weighted by Gasteiger charge is 2.20. The summed E-state index contributed by atoms with van der Waals surface area (Å²) in [6.07, 6.45) is 0.488. The number of carbonyl (C=O) groups is 3. The summed E-state index contributed by atoms with van der Waals surface area (Å²) in [5, 5.41) is 15.3. The van der Waals surface area contributed by atoms with E-state index in [4.69, 9.17) is 0 Å². The Kier molecular flexibility index (Phi) is 4.57. The second-order valence-electron chi connectivity index (χ2n) is 6.06. The van der Waals surface area contributed by atoms with Crippen LogP contribution in [0.25, 0.3) is 16.2 Å². The molecule has 0 aliphatic carbocycles. The van der Waals surface area contributed by atoms with Crippen LogP contribution in [-0.4, -0.2) is 38.0 Å². The summed E-state index contributed by atoms with van der Waals surface area (Å²) >= 11 is 1.39. The van der Waals surface area contributed by atoms with Gasteiger partial charge < -0.3 is 5.32 Å². The van der Waals surface area contributed by atoms with Gasteiger partial charge in [0.25, 0.3) is 11.9 Å². The summed E-state index contributed by atoms with van der Waals surface area (Å²) in [4.78, 5) is 39.4. The summed E-state index contributed by atoms with van der Waals surface area (Å²) in [5.41, 5.74) is 4.92. The van der Waals surface area contributed by atoms with Crippen LogP contribution < -0.4 is 16.1 Å². The van der Waals surface area contributed by atoms with Crippen molar-refractivity contribution < 1.29 is 14.4 Å². The Morgan fingerprint density at radius 1 is 1.18 bits per heavy atom. The van der Waals surface area contributed by atoms with Gasteiger partial charge in [0.2, 0.25) is 16.8 Å². The predicted molar refractivity (Wildman–Crippen MR) is 104 cm³/mol. The molecule has 3 N–H and O–H groups in total. The van der Waals surface area contributed by atoms with Crippen molar-refractivity contribution >= 4 is 51.4 Å². The maximum atomic E-state index is 12.2. The quantitative estimate of drug-likeness (QED) is 0.616. The molecule has 0 bridgehead atoms. The standard InChI is InChI=1S/C17H15N7O3S/c1-9(25)18-11-4-2-10(3-5-11)13-8-28-17-20-16(23-24(13)17)19-15(27)12-6-7-14(26)22-21-12/h2-5,8H,6-7H2,1H3,(H,18,25)(H,22,26)(H,19,23,27). The minimum absolute atomic E-state index is 0.135. The lowest BCUT2D eigenvalue weighted by atomic mass is 10.1. The smallest absolute Gasteiger partial charge is 0.274 e. The van der Waals surface area contributed by atoms with Crippen molar-refractivity contribution in [3.8, 4) is 11.3 Å². The van der Waals surface area contributed by atoms with E-state index < -0.39 is 5.91 Å². The molecule has 3 aromatic rings. The van der Waals surface area contributed by atoms with E-state index in [1.54, 1.807) is 16.6 Å². The van der Waals surface area contributed by atoms with E-state index in [0.717, 1.165) is 11.3 Å². The van der Waals surface area contributed by atoms with Crippen molar-refractivity contribution in [2.24, 2.45) is 5.10 Å². The number of nitrogens with one attached hydrogen (secondary N) is 3. The third-order valence-corrected chi connectivity index (χ3v) is 4.79. The molecule has 4 rings (SSSR count). The van der Waals surface area contributed by atoms with Crippen molar-refractivity contribution in [3.05, 3.63) is 29.6 Å². The van der Waals surface area contributed by atoms with Crippen LogP contribution in [0.2, 0.25) is 0 Å². The Morgan fingerprint density at radius 2 is 1.96 bits per heavy atom. The minimum Gasteiger partial charge on any atom is -0.326 e. The Morgan fingerprint density at radius 3 is 2.64 bits per heavy atom. The number of hydrogen-bond donors (Lipinski definition) is 3. The van der Waals surface area contributed by atoms with E-state index in [1.807, 2.05) is 17.5 Å². The van der Waals surface area contributed by atoms with Crippen molar-refractivity contribution in [2.45, 2.75) is 19.8 Å². The number of benzene rings is 1. The fourth-order valence-electron chi connectivity index (χ4n) is 2.67. The van der Waals surface area contributed by atoms with Gasteiger partial charge in [-0.2, -0.15) is 10.1 Å². The van der Waals surface area contributed by atoms with E-state index in [1.165, 1.54) is 18.3 Å². The lowest BCUT2D eigenvalue weighted by Gasteiger charge is -2.10. The van der Waals surface area contributed by atoms with E-state index in [-0.39, 0.29) is 36.3 Å². The molecule has 0 unspecified atom stereocenters. The number of amides is 3. The fraction of sp³-hybridized carbons (Fsp3) is 0.176. The summed E-state index contributed by atoms with van der Waals surface area (Å²) < 4.78 is 1.64. The molecular formula is C17H15N7O3S. The van der Waals surface area contributed by atoms with E-state index in [2.05, 4.69) is 31.2 Å². The number of hydrazone groups is 1. The summed E-state index contributed by atoms with van der Waals surface area (Å²) in [5.74, 6) is -0.636. The highest BCUT2D eigenvalue weighted by atomic mass is 32.1. The topological polar surface area (TPSA) is 130 Å². The first-order chi connectivity index (χ1) is 13.5. The number of thiazole rings is 1. The molecular weight excluding hydrogens is 382 g/mol. The van der Waals surface area contributed by atoms with Gasteiger partial charge in [-0.25, -0.2) is 9.94 Å². The second kappa shape index (κ2) is 7.19. The molecule has 0 saturated heterocycles. The number of carbonyl (C=O) groups excluding carboxylic acids is 3. The number of aromatic nitrogens is 3. The predicted octanol–water partition coefficient (Wildman–Crippen LogP) is 1.62. The lowest BCUT2D eigenvalue weighted by Crippen LogP contribution is -2.33. The number of rotatable bonds is 4. The Balaban J connectivity index is 1.54. The first-order valence-electron chi connectivity index (χ1n) is 8.38. The molecule has 11 heteroatoms. The molecule has 0 saturated carbocycles. The highest BCUT2D eigenvalue weighted by molar-refractivity contribution is 7.15. The number of nitrogens with zero attached hydrogens (tertiary/aromatic N) is 4. The zero-order chi connectivity index (χ0) is 19.7. The highest BCUT2D eigenvalue weighted by Crippen LogP contribution is 2.27. The van der Waals surface area contributed by atoms with Crippen LogP contribution in [0.4, 0.5) is 11.6 Å². The molecule has 0 fully saturated rings. The summed E-state index contributed by atoms with van der Waals surface area (Å²) in [6, 6.07) is 7.34. The third kappa shape index (κ3) is 3.60. The molecule has 1 aliphatic heterocycles. The van der Waals surface area contributed by atoms with Gasteiger partial charge in [-0.15, -0.1) is 16.4 Å².